The van der Waals surface area contributed by atoms with Crippen molar-refractivity contribution in [2.45, 2.75) is 31.3 Å². The van der Waals surface area contributed by atoms with Crippen LogP contribution in [0.5, 0.6) is 0 Å². The van der Waals surface area contributed by atoms with Crippen molar-refractivity contribution in [3.05, 3.63) is 70.5 Å². The van der Waals surface area contributed by atoms with Crippen LogP contribution < -0.4 is 10.9 Å². The molecule has 2 aliphatic rings. The summed E-state index contributed by atoms with van der Waals surface area (Å²) >= 11 is 5.97. The Morgan fingerprint density at radius 1 is 1.08 bits per heavy atom. The van der Waals surface area contributed by atoms with Gasteiger partial charge in [0.1, 0.15) is 5.82 Å². The molecule has 2 aromatic carbocycles. The molecule has 0 saturated carbocycles. The van der Waals surface area contributed by atoms with Crippen molar-refractivity contribution >= 4 is 11.6 Å². The summed E-state index contributed by atoms with van der Waals surface area (Å²) in [6.07, 6.45) is 2.33. The molecule has 2 fully saturated rings. The van der Waals surface area contributed by atoms with E-state index < -0.39 is 0 Å². The lowest BCUT2D eigenvalue weighted by Gasteiger charge is -2.36. The highest BCUT2D eigenvalue weighted by atomic mass is 35.5. The summed E-state index contributed by atoms with van der Waals surface area (Å²) in [5, 5.41) is 0.788. The van der Waals surface area contributed by atoms with Crippen LogP contribution in [0.2, 0.25) is 5.02 Å². The molecule has 2 aromatic rings. The Morgan fingerprint density at radius 2 is 1.85 bits per heavy atom. The van der Waals surface area contributed by atoms with E-state index in [0.29, 0.717) is 17.9 Å². The van der Waals surface area contributed by atoms with Gasteiger partial charge in [-0.2, -0.15) is 0 Å². The quantitative estimate of drug-likeness (QED) is 0.849. The number of rotatable bonds is 4. The first-order valence-electron chi connectivity index (χ1n) is 9.40. The topological polar surface area (TPSA) is 27.3 Å². The van der Waals surface area contributed by atoms with Crippen molar-refractivity contribution < 1.29 is 4.39 Å². The molecule has 0 radical (unpaired) electrons. The van der Waals surface area contributed by atoms with Gasteiger partial charge in [-0.15, -0.1) is 0 Å². The molecule has 5 heteroatoms. The van der Waals surface area contributed by atoms with Gasteiger partial charge < -0.3 is 0 Å². The Morgan fingerprint density at radius 3 is 2.58 bits per heavy atom. The van der Waals surface area contributed by atoms with Crippen LogP contribution in [0, 0.1) is 11.7 Å². The van der Waals surface area contributed by atoms with Crippen LogP contribution >= 0.6 is 11.6 Å². The molecular formula is C21H25ClFN3. The summed E-state index contributed by atoms with van der Waals surface area (Å²) < 4.78 is 13.6. The van der Waals surface area contributed by atoms with Crippen molar-refractivity contribution in [3.8, 4) is 0 Å². The van der Waals surface area contributed by atoms with E-state index in [1.807, 2.05) is 24.3 Å². The summed E-state index contributed by atoms with van der Waals surface area (Å²) in [5.41, 5.74) is 9.16. The van der Waals surface area contributed by atoms with E-state index in [4.69, 9.17) is 11.6 Å². The summed E-state index contributed by atoms with van der Waals surface area (Å²) in [5.74, 6) is 0.796. The van der Waals surface area contributed by atoms with Crippen LogP contribution in [-0.4, -0.2) is 30.6 Å². The molecule has 2 saturated heterocycles. The van der Waals surface area contributed by atoms with Gasteiger partial charge in [0.15, 0.2) is 0 Å². The van der Waals surface area contributed by atoms with Gasteiger partial charge in [-0.1, -0.05) is 35.9 Å². The summed E-state index contributed by atoms with van der Waals surface area (Å²) in [6, 6.07) is 15.6. The number of halogens is 2. The minimum Gasteiger partial charge on any atom is -0.299 e. The Bertz CT molecular complexity index is 728. The van der Waals surface area contributed by atoms with Gasteiger partial charge in [0.25, 0.3) is 0 Å². The van der Waals surface area contributed by atoms with Crippen molar-refractivity contribution in [1.29, 1.82) is 0 Å². The second-order valence-electron chi connectivity index (χ2n) is 7.45. The van der Waals surface area contributed by atoms with Gasteiger partial charge in [-0.05, 0) is 67.2 Å². The Hall–Kier alpha value is -1.46. The van der Waals surface area contributed by atoms with Gasteiger partial charge in [-0.25, -0.2) is 4.39 Å². The molecule has 0 amide bonds. The summed E-state index contributed by atoms with van der Waals surface area (Å²) in [6.45, 7) is 4.04. The smallest absolute Gasteiger partial charge is 0.123 e. The molecule has 0 spiro atoms. The highest BCUT2D eigenvalue weighted by Gasteiger charge is 2.36. The van der Waals surface area contributed by atoms with Crippen LogP contribution in [0.25, 0.3) is 0 Å². The van der Waals surface area contributed by atoms with Crippen molar-refractivity contribution in [3.63, 3.8) is 0 Å². The predicted molar refractivity (Wildman–Crippen MR) is 104 cm³/mol. The number of hydrogen-bond donors (Lipinski definition) is 2. The lowest BCUT2D eigenvalue weighted by molar-refractivity contribution is 0.152. The Kier molecular flexibility index (Phi) is 5.55. The van der Waals surface area contributed by atoms with E-state index in [1.165, 1.54) is 24.5 Å². The summed E-state index contributed by atoms with van der Waals surface area (Å²) in [4.78, 5) is 2.51. The normalized spacial score (nSPS) is 24.8. The van der Waals surface area contributed by atoms with E-state index in [-0.39, 0.29) is 5.82 Å². The second-order valence-corrected chi connectivity index (χ2v) is 7.89. The van der Waals surface area contributed by atoms with E-state index in [1.54, 1.807) is 6.07 Å². The van der Waals surface area contributed by atoms with Gasteiger partial charge in [-0.3, -0.25) is 15.8 Å². The van der Waals surface area contributed by atoms with E-state index in [9.17, 15) is 4.39 Å². The van der Waals surface area contributed by atoms with Crippen molar-refractivity contribution in [1.82, 2.24) is 15.8 Å². The molecule has 0 aromatic heterocycles. The molecule has 4 rings (SSSR count). The fourth-order valence-electron chi connectivity index (χ4n) is 4.34. The molecule has 2 N–H and O–H groups in total. The van der Waals surface area contributed by atoms with Crippen LogP contribution in [-0.2, 0) is 6.54 Å². The maximum atomic E-state index is 13.6. The maximum absolute atomic E-state index is 13.6. The lowest BCUT2D eigenvalue weighted by Crippen LogP contribution is -2.44. The number of likely N-dealkylation sites (tertiary alicyclic amines) is 1. The van der Waals surface area contributed by atoms with Gasteiger partial charge >= 0.3 is 0 Å². The van der Waals surface area contributed by atoms with Crippen LogP contribution in [0.3, 0.4) is 0 Å². The minimum atomic E-state index is -0.147. The number of hydrogen-bond acceptors (Lipinski definition) is 3. The van der Waals surface area contributed by atoms with Crippen molar-refractivity contribution in [2.24, 2.45) is 5.92 Å². The zero-order valence-corrected chi connectivity index (χ0v) is 15.6. The SMILES string of the molecule is Fc1cccc(C2CNNC2C2CCN(Cc3ccc(Cl)cc3)CC2)c1. The highest BCUT2D eigenvalue weighted by molar-refractivity contribution is 6.30. The number of hydrazine groups is 1. The zero-order valence-electron chi connectivity index (χ0n) is 14.8. The molecule has 0 bridgehead atoms. The second kappa shape index (κ2) is 8.05. The molecule has 2 atom stereocenters. The first kappa shape index (κ1) is 17.9. The zero-order chi connectivity index (χ0) is 17.9. The molecule has 0 aliphatic carbocycles. The standard InChI is InChI=1S/C21H25ClFN3/c22-18-6-4-15(5-7-18)14-26-10-8-16(9-11-26)21-20(13-24-25-21)17-2-1-3-19(23)12-17/h1-7,12,16,20-21,24-25H,8-11,13-14H2. The molecule has 138 valence electrons. The molecule has 2 unspecified atom stereocenters. The average Bonchev–Trinajstić information content (AvgIpc) is 3.14. The van der Waals surface area contributed by atoms with Crippen LogP contribution in [0.15, 0.2) is 48.5 Å². The lowest BCUT2D eigenvalue weighted by atomic mass is 9.80. The molecular weight excluding hydrogens is 349 g/mol. The molecule has 2 aliphatic heterocycles. The first-order chi connectivity index (χ1) is 12.7. The van der Waals surface area contributed by atoms with E-state index in [2.05, 4.69) is 27.9 Å². The molecule has 2 heterocycles. The Balaban J connectivity index is 1.35. The van der Waals surface area contributed by atoms with E-state index in [0.717, 1.165) is 36.8 Å². The Labute approximate surface area is 159 Å². The third-order valence-electron chi connectivity index (χ3n) is 5.76. The van der Waals surface area contributed by atoms with Gasteiger partial charge in [0.2, 0.25) is 0 Å². The van der Waals surface area contributed by atoms with Gasteiger partial charge in [0, 0.05) is 30.1 Å². The third-order valence-corrected chi connectivity index (χ3v) is 6.01. The molecule has 3 nitrogen and oxygen atoms in total. The minimum absolute atomic E-state index is 0.147. The fourth-order valence-corrected chi connectivity index (χ4v) is 4.47. The average molecular weight is 374 g/mol. The fraction of sp³-hybridized carbons (Fsp3) is 0.429. The molecule has 26 heavy (non-hydrogen) atoms. The van der Waals surface area contributed by atoms with Crippen molar-refractivity contribution in [2.75, 3.05) is 19.6 Å². The summed E-state index contributed by atoms with van der Waals surface area (Å²) in [7, 11) is 0. The van der Waals surface area contributed by atoms with Crippen LogP contribution in [0.1, 0.15) is 29.9 Å². The highest BCUT2D eigenvalue weighted by Crippen LogP contribution is 2.32. The predicted octanol–water partition coefficient (Wildman–Crippen LogP) is 3.95. The number of benzene rings is 2. The van der Waals surface area contributed by atoms with E-state index >= 15 is 0 Å². The monoisotopic (exact) mass is 373 g/mol. The largest absolute Gasteiger partial charge is 0.299 e. The maximum Gasteiger partial charge on any atom is 0.123 e. The van der Waals surface area contributed by atoms with Gasteiger partial charge in [0.05, 0.1) is 0 Å². The number of nitrogens with zero attached hydrogens (tertiary/aromatic N) is 1. The first-order valence-corrected chi connectivity index (χ1v) is 9.77. The van der Waals surface area contributed by atoms with Crippen LogP contribution in [0.4, 0.5) is 4.39 Å². The third kappa shape index (κ3) is 4.09. The number of nitrogens with one attached hydrogen (secondary N) is 2. The number of piperidine rings is 1.